The van der Waals surface area contributed by atoms with Crippen molar-refractivity contribution in [3.8, 4) is 22.6 Å². The number of ether oxygens (including phenoxy) is 1. The molecule has 0 spiro atoms. The molecule has 4 aromatic rings. The Hall–Kier alpha value is -3.09. The van der Waals surface area contributed by atoms with Crippen LogP contribution in [0.25, 0.3) is 33.8 Å². The zero-order valence-corrected chi connectivity index (χ0v) is 16.7. The lowest BCUT2D eigenvalue weighted by atomic mass is 10.1. The van der Waals surface area contributed by atoms with Gasteiger partial charge in [-0.2, -0.15) is 5.10 Å². The Labute approximate surface area is 180 Å². The van der Waals surface area contributed by atoms with Gasteiger partial charge in [0.25, 0.3) is 0 Å². The normalized spacial score (nSPS) is 23.6. The van der Waals surface area contributed by atoms with E-state index in [9.17, 15) is 15.3 Å². The van der Waals surface area contributed by atoms with Gasteiger partial charge in [0.2, 0.25) is 5.95 Å². The van der Waals surface area contributed by atoms with Gasteiger partial charge in [-0.25, -0.2) is 15.0 Å². The molecule has 31 heavy (non-hydrogen) atoms. The smallest absolute Gasteiger partial charge is 0.204 e. The summed E-state index contributed by atoms with van der Waals surface area (Å²) in [6, 6.07) is 7.26. The minimum absolute atomic E-state index is 0.0243. The van der Waals surface area contributed by atoms with Gasteiger partial charge in [-0.1, -0.05) is 23.7 Å². The number of aromatic amines is 1. The molecule has 0 amide bonds. The summed E-state index contributed by atoms with van der Waals surface area (Å²) < 4.78 is 6.98. The monoisotopic (exact) mass is 443 g/mol. The topological polar surface area (TPSA) is 168 Å². The maximum Gasteiger partial charge on any atom is 0.204 e. The van der Waals surface area contributed by atoms with Gasteiger partial charge < -0.3 is 25.8 Å². The predicted octanol–water partition coefficient (Wildman–Crippen LogP) is 0.730. The van der Waals surface area contributed by atoms with Gasteiger partial charge in [-0.15, -0.1) is 0 Å². The number of halogens is 1. The van der Waals surface area contributed by atoms with Crippen LogP contribution in [0, 0.1) is 0 Å². The Morgan fingerprint density at radius 3 is 2.65 bits per heavy atom. The van der Waals surface area contributed by atoms with Crippen molar-refractivity contribution < 1.29 is 20.1 Å². The van der Waals surface area contributed by atoms with Crippen LogP contribution in [-0.2, 0) is 4.74 Å². The van der Waals surface area contributed by atoms with Gasteiger partial charge >= 0.3 is 0 Å². The van der Waals surface area contributed by atoms with Gasteiger partial charge in [-0.3, -0.25) is 9.67 Å². The third kappa shape index (κ3) is 3.23. The molecule has 6 N–H and O–H groups in total. The number of rotatable bonds is 4. The summed E-state index contributed by atoms with van der Waals surface area (Å²) in [6.45, 7) is -0.459. The highest BCUT2D eigenvalue weighted by atomic mass is 35.5. The van der Waals surface area contributed by atoms with Crippen LogP contribution < -0.4 is 5.73 Å². The number of aliphatic hydroxyl groups excluding tert-OH is 3. The second kappa shape index (κ2) is 7.55. The lowest BCUT2D eigenvalue weighted by Crippen LogP contribution is -2.33. The van der Waals surface area contributed by atoms with E-state index in [0.29, 0.717) is 27.7 Å². The van der Waals surface area contributed by atoms with Crippen molar-refractivity contribution in [2.75, 3.05) is 12.3 Å². The molecule has 3 aromatic heterocycles. The minimum Gasteiger partial charge on any atom is -0.394 e. The van der Waals surface area contributed by atoms with Crippen molar-refractivity contribution in [1.82, 2.24) is 29.7 Å². The third-order valence-corrected chi connectivity index (χ3v) is 5.49. The molecule has 1 saturated heterocycles. The largest absolute Gasteiger partial charge is 0.394 e. The summed E-state index contributed by atoms with van der Waals surface area (Å²) in [6.07, 6.45) is -1.42. The number of aliphatic hydroxyl groups is 3. The van der Waals surface area contributed by atoms with Gasteiger partial charge in [0.15, 0.2) is 17.7 Å². The number of benzene rings is 1. The zero-order valence-electron chi connectivity index (χ0n) is 15.9. The Bertz CT molecular complexity index is 1240. The standard InChI is InChI=1S/C19H18ClN7O4/c20-9-3-1-8(2-4-9)10-5-23-26-13(10)16-22-6-11-17(25-16)27(19(21)24-11)18-15(30)14(29)12(7-28)31-18/h1-6,12,14-15,18,28-30H,7H2,(H2,21,24)(H,23,26)/t12-,14-,15-,18-/m1/s1. The molecule has 1 aliphatic rings. The number of hydrogen-bond donors (Lipinski definition) is 5. The fourth-order valence-electron chi connectivity index (χ4n) is 3.68. The van der Waals surface area contributed by atoms with Gasteiger partial charge in [0, 0.05) is 16.8 Å². The minimum atomic E-state index is -1.33. The summed E-state index contributed by atoms with van der Waals surface area (Å²) in [7, 11) is 0. The first-order valence-corrected chi connectivity index (χ1v) is 9.78. The van der Waals surface area contributed by atoms with Crippen molar-refractivity contribution in [3.05, 3.63) is 41.7 Å². The van der Waals surface area contributed by atoms with Gasteiger partial charge in [0.1, 0.15) is 29.5 Å². The number of H-pyrrole nitrogens is 1. The molecular formula is C19H18ClN7O4. The fraction of sp³-hybridized carbons (Fsp3) is 0.263. The van der Waals surface area contributed by atoms with Crippen LogP contribution in [0.15, 0.2) is 36.7 Å². The zero-order chi connectivity index (χ0) is 21.7. The molecule has 0 saturated carbocycles. The molecule has 0 unspecified atom stereocenters. The summed E-state index contributed by atoms with van der Waals surface area (Å²) in [5.74, 6) is 0.322. The van der Waals surface area contributed by atoms with Crippen LogP contribution in [0.4, 0.5) is 5.95 Å². The van der Waals surface area contributed by atoms with E-state index >= 15 is 0 Å². The first-order valence-electron chi connectivity index (χ1n) is 9.41. The quantitative estimate of drug-likeness (QED) is 0.305. The number of nitrogens with zero attached hydrogens (tertiary/aromatic N) is 5. The Morgan fingerprint density at radius 2 is 1.94 bits per heavy atom. The summed E-state index contributed by atoms with van der Waals surface area (Å²) >= 11 is 5.98. The van der Waals surface area contributed by atoms with Crippen molar-refractivity contribution in [2.24, 2.45) is 0 Å². The lowest BCUT2D eigenvalue weighted by Gasteiger charge is -2.17. The SMILES string of the molecule is Nc1nc2cnc(-c3n[nH]cc3-c3ccc(Cl)cc3)nc2n1[C@@H]1O[C@H](CO)[C@@H](O)[C@H]1O. The molecule has 4 heterocycles. The predicted molar refractivity (Wildman–Crippen MR) is 111 cm³/mol. The molecule has 160 valence electrons. The third-order valence-electron chi connectivity index (χ3n) is 5.24. The highest BCUT2D eigenvalue weighted by Crippen LogP contribution is 2.35. The number of imidazole rings is 1. The Balaban J connectivity index is 1.60. The van der Waals surface area contributed by atoms with Crippen molar-refractivity contribution >= 4 is 28.7 Å². The fourth-order valence-corrected chi connectivity index (χ4v) is 3.80. The van der Waals surface area contributed by atoms with Gasteiger partial charge in [0.05, 0.1) is 12.8 Å². The number of fused-ring (bicyclic) bond motifs is 1. The number of hydrogen-bond acceptors (Lipinski definition) is 9. The molecule has 0 radical (unpaired) electrons. The molecule has 5 rings (SSSR count). The second-order valence-electron chi connectivity index (χ2n) is 7.13. The molecular weight excluding hydrogens is 426 g/mol. The molecule has 1 aliphatic heterocycles. The van der Waals surface area contributed by atoms with E-state index in [1.54, 1.807) is 18.3 Å². The average Bonchev–Trinajstić information content (AvgIpc) is 3.45. The molecule has 1 aromatic carbocycles. The van der Waals surface area contributed by atoms with E-state index in [-0.39, 0.29) is 5.95 Å². The highest BCUT2D eigenvalue weighted by molar-refractivity contribution is 6.30. The van der Waals surface area contributed by atoms with Crippen molar-refractivity contribution in [3.63, 3.8) is 0 Å². The Kier molecular flexibility index (Phi) is 4.84. The van der Waals surface area contributed by atoms with Crippen LogP contribution >= 0.6 is 11.6 Å². The van der Waals surface area contributed by atoms with E-state index in [4.69, 9.17) is 22.1 Å². The molecule has 4 atom stereocenters. The molecule has 12 heteroatoms. The van der Waals surface area contributed by atoms with E-state index < -0.39 is 31.1 Å². The first-order chi connectivity index (χ1) is 15.0. The number of anilines is 1. The number of nitrogens with two attached hydrogens (primary N) is 1. The van der Waals surface area contributed by atoms with Crippen LogP contribution in [-0.4, -0.2) is 70.0 Å². The molecule has 0 aliphatic carbocycles. The summed E-state index contributed by atoms with van der Waals surface area (Å²) in [5.41, 5.74) is 8.85. The van der Waals surface area contributed by atoms with E-state index in [2.05, 4.69) is 25.1 Å². The molecule has 1 fully saturated rings. The number of nitrogen functional groups attached to an aromatic ring is 1. The van der Waals surface area contributed by atoms with Crippen molar-refractivity contribution in [2.45, 2.75) is 24.5 Å². The van der Waals surface area contributed by atoms with Crippen LogP contribution in [0.3, 0.4) is 0 Å². The van der Waals surface area contributed by atoms with Crippen molar-refractivity contribution in [1.29, 1.82) is 0 Å². The number of aromatic nitrogens is 6. The maximum absolute atomic E-state index is 10.4. The van der Waals surface area contributed by atoms with Crippen LogP contribution in [0.1, 0.15) is 6.23 Å². The van der Waals surface area contributed by atoms with E-state index in [0.717, 1.165) is 11.1 Å². The Morgan fingerprint density at radius 1 is 1.16 bits per heavy atom. The van der Waals surface area contributed by atoms with E-state index in [1.807, 2.05) is 12.1 Å². The second-order valence-corrected chi connectivity index (χ2v) is 7.56. The van der Waals surface area contributed by atoms with Crippen LogP contribution in [0.2, 0.25) is 5.02 Å². The number of nitrogens with one attached hydrogen (secondary N) is 1. The summed E-state index contributed by atoms with van der Waals surface area (Å²) in [4.78, 5) is 13.1. The lowest BCUT2D eigenvalue weighted by molar-refractivity contribution is -0.0500. The van der Waals surface area contributed by atoms with Gasteiger partial charge in [-0.05, 0) is 17.7 Å². The molecule has 0 bridgehead atoms. The maximum atomic E-state index is 10.4. The summed E-state index contributed by atoms with van der Waals surface area (Å²) in [5, 5.41) is 37.6. The highest BCUT2D eigenvalue weighted by Gasteiger charge is 2.44. The average molecular weight is 444 g/mol. The first kappa shape index (κ1) is 19.8. The molecule has 11 nitrogen and oxygen atoms in total. The van der Waals surface area contributed by atoms with Crippen LogP contribution in [0.5, 0.6) is 0 Å². The van der Waals surface area contributed by atoms with E-state index in [1.165, 1.54) is 10.8 Å².